The number of carbonyl (C=O) groups is 1. The highest BCUT2D eigenvalue weighted by Crippen LogP contribution is 2.29. The van der Waals surface area contributed by atoms with Crippen LogP contribution < -0.4 is 15.8 Å². The lowest BCUT2D eigenvalue weighted by molar-refractivity contribution is 0.102. The molecule has 2 aromatic carbocycles. The number of amides is 1. The molecule has 114 valence electrons. The molecule has 0 bridgehead atoms. The Hall–Kier alpha value is -2.56. The monoisotopic (exact) mass is 300 g/mol. The van der Waals surface area contributed by atoms with Gasteiger partial charge in [-0.15, -0.1) is 0 Å². The molecule has 2 aromatic rings. The van der Waals surface area contributed by atoms with E-state index in [-0.39, 0.29) is 11.4 Å². The summed E-state index contributed by atoms with van der Waals surface area (Å²) >= 11 is 0. The number of rotatable bonds is 5. The van der Waals surface area contributed by atoms with Gasteiger partial charge in [0.2, 0.25) is 0 Å². The molecule has 0 heterocycles. The Labute approximate surface area is 128 Å². The molecule has 3 N–H and O–H groups in total. The van der Waals surface area contributed by atoms with Crippen LogP contribution in [0.5, 0.6) is 5.75 Å². The lowest BCUT2D eigenvalue weighted by Gasteiger charge is -2.09. The molecular formula is C17H17FN2O2. The minimum atomic E-state index is -0.625. The van der Waals surface area contributed by atoms with Crippen LogP contribution in [0.25, 0.3) is 0 Å². The van der Waals surface area contributed by atoms with Gasteiger partial charge in [-0.1, -0.05) is 6.07 Å². The molecule has 0 spiro atoms. The lowest BCUT2D eigenvalue weighted by Crippen LogP contribution is -2.13. The van der Waals surface area contributed by atoms with E-state index < -0.39 is 11.7 Å². The van der Waals surface area contributed by atoms with Gasteiger partial charge >= 0.3 is 0 Å². The van der Waals surface area contributed by atoms with Crippen molar-refractivity contribution < 1.29 is 13.9 Å². The van der Waals surface area contributed by atoms with Crippen LogP contribution in [-0.2, 0) is 0 Å². The summed E-state index contributed by atoms with van der Waals surface area (Å²) in [4.78, 5) is 12.1. The Balaban J connectivity index is 1.65. The Kier molecular flexibility index (Phi) is 3.96. The second kappa shape index (κ2) is 6.05. The molecule has 0 saturated heterocycles. The SMILES string of the molecule is Nc1cccc(NC(=O)c2ccc(OCC3CC3)cc2)c1F. The van der Waals surface area contributed by atoms with Gasteiger partial charge in [0.15, 0.2) is 5.82 Å². The minimum Gasteiger partial charge on any atom is -0.493 e. The van der Waals surface area contributed by atoms with Gasteiger partial charge in [0.05, 0.1) is 18.0 Å². The Morgan fingerprint density at radius 1 is 1.23 bits per heavy atom. The number of nitrogen functional groups attached to an aromatic ring is 1. The van der Waals surface area contributed by atoms with E-state index in [0.717, 1.165) is 12.4 Å². The number of hydrogen-bond donors (Lipinski definition) is 2. The first-order valence-corrected chi connectivity index (χ1v) is 7.21. The largest absolute Gasteiger partial charge is 0.493 e. The average Bonchev–Trinajstić information content (AvgIpc) is 3.34. The summed E-state index contributed by atoms with van der Waals surface area (Å²) in [6.45, 7) is 0.722. The van der Waals surface area contributed by atoms with Crippen LogP contribution in [-0.4, -0.2) is 12.5 Å². The fourth-order valence-corrected chi connectivity index (χ4v) is 2.04. The molecule has 1 amide bonds. The molecule has 0 unspecified atom stereocenters. The zero-order chi connectivity index (χ0) is 15.5. The second-order valence-corrected chi connectivity index (χ2v) is 5.44. The maximum atomic E-state index is 13.8. The number of carbonyl (C=O) groups excluding carboxylic acids is 1. The van der Waals surface area contributed by atoms with Crippen molar-refractivity contribution in [2.24, 2.45) is 5.92 Å². The van der Waals surface area contributed by atoms with Gasteiger partial charge < -0.3 is 15.8 Å². The quantitative estimate of drug-likeness (QED) is 0.831. The summed E-state index contributed by atoms with van der Waals surface area (Å²) in [5.41, 5.74) is 5.98. The highest BCUT2D eigenvalue weighted by molar-refractivity contribution is 6.04. The van der Waals surface area contributed by atoms with Crippen molar-refractivity contribution in [3.05, 3.63) is 53.8 Å². The van der Waals surface area contributed by atoms with Crippen LogP contribution in [0.1, 0.15) is 23.2 Å². The van der Waals surface area contributed by atoms with Crippen molar-refractivity contribution in [1.29, 1.82) is 0 Å². The number of anilines is 2. The summed E-state index contributed by atoms with van der Waals surface area (Å²) in [6, 6.07) is 11.3. The van der Waals surface area contributed by atoms with Gasteiger partial charge in [-0.25, -0.2) is 4.39 Å². The first-order chi connectivity index (χ1) is 10.6. The third-order valence-corrected chi connectivity index (χ3v) is 3.58. The van der Waals surface area contributed by atoms with Gasteiger partial charge in [-0.3, -0.25) is 4.79 Å². The van der Waals surface area contributed by atoms with Crippen molar-refractivity contribution in [2.75, 3.05) is 17.7 Å². The highest BCUT2D eigenvalue weighted by atomic mass is 19.1. The second-order valence-electron chi connectivity index (χ2n) is 5.44. The lowest BCUT2D eigenvalue weighted by atomic mass is 10.2. The van der Waals surface area contributed by atoms with Gasteiger partial charge in [0.1, 0.15) is 5.75 Å². The molecule has 0 radical (unpaired) electrons. The van der Waals surface area contributed by atoms with Crippen molar-refractivity contribution in [3.8, 4) is 5.75 Å². The maximum Gasteiger partial charge on any atom is 0.255 e. The zero-order valence-corrected chi connectivity index (χ0v) is 12.0. The van der Waals surface area contributed by atoms with Crippen LogP contribution >= 0.6 is 0 Å². The van der Waals surface area contributed by atoms with Gasteiger partial charge in [-0.2, -0.15) is 0 Å². The van der Waals surface area contributed by atoms with Crippen molar-refractivity contribution in [1.82, 2.24) is 0 Å². The van der Waals surface area contributed by atoms with Crippen LogP contribution in [0, 0.1) is 11.7 Å². The van der Waals surface area contributed by atoms with E-state index in [0.29, 0.717) is 11.5 Å². The fraction of sp³-hybridized carbons (Fsp3) is 0.235. The smallest absolute Gasteiger partial charge is 0.255 e. The molecule has 0 aliphatic heterocycles. The van der Waals surface area contributed by atoms with E-state index in [4.69, 9.17) is 10.5 Å². The van der Waals surface area contributed by atoms with Gasteiger partial charge in [0.25, 0.3) is 5.91 Å². The summed E-state index contributed by atoms with van der Waals surface area (Å²) < 4.78 is 19.4. The molecular weight excluding hydrogens is 283 g/mol. The predicted octanol–water partition coefficient (Wildman–Crippen LogP) is 3.45. The predicted molar refractivity (Wildman–Crippen MR) is 83.4 cm³/mol. The zero-order valence-electron chi connectivity index (χ0n) is 12.0. The molecule has 5 heteroatoms. The third-order valence-electron chi connectivity index (χ3n) is 3.58. The first kappa shape index (κ1) is 14.4. The van der Waals surface area contributed by atoms with Crippen molar-refractivity contribution in [2.45, 2.75) is 12.8 Å². The standard InChI is InChI=1S/C17H17FN2O2/c18-16-14(19)2-1-3-15(16)20-17(21)12-6-8-13(9-7-12)22-10-11-4-5-11/h1-3,6-9,11H,4-5,10,19H2,(H,20,21). The Morgan fingerprint density at radius 3 is 2.64 bits per heavy atom. The van der Waals surface area contributed by atoms with Crippen LogP contribution in [0.15, 0.2) is 42.5 Å². The summed E-state index contributed by atoms with van der Waals surface area (Å²) in [5, 5.41) is 2.51. The van der Waals surface area contributed by atoms with Crippen LogP contribution in [0.3, 0.4) is 0 Å². The van der Waals surface area contributed by atoms with E-state index in [1.807, 2.05) is 0 Å². The number of halogens is 1. The number of nitrogens with two attached hydrogens (primary N) is 1. The van der Waals surface area contributed by atoms with E-state index in [2.05, 4.69) is 5.32 Å². The number of nitrogens with one attached hydrogen (secondary N) is 1. The van der Waals surface area contributed by atoms with Gasteiger partial charge in [-0.05, 0) is 55.2 Å². The number of benzene rings is 2. The van der Waals surface area contributed by atoms with E-state index in [1.165, 1.54) is 25.0 Å². The molecule has 1 aliphatic carbocycles. The van der Waals surface area contributed by atoms with Gasteiger partial charge in [0, 0.05) is 5.56 Å². The minimum absolute atomic E-state index is 0.00150. The molecule has 4 nitrogen and oxygen atoms in total. The molecule has 3 rings (SSSR count). The molecule has 0 aromatic heterocycles. The van der Waals surface area contributed by atoms with Crippen LogP contribution in [0.4, 0.5) is 15.8 Å². The third kappa shape index (κ3) is 3.36. The number of ether oxygens (including phenoxy) is 1. The van der Waals surface area contributed by atoms with E-state index >= 15 is 0 Å². The van der Waals surface area contributed by atoms with E-state index in [9.17, 15) is 9.18 Å². The first-order valence-electron chi connectivity index (χ1n) is 7.21. The molecule has 22 heavy (non-hydrogen) atoms. The highest BCUT2D eigenvalue weighted by Gasteiger charge is 2.21. The van der Waals surface area contributed by atoms with E-state index in [1.54, 1.807) is 30.3 Å². The maximum absolute atomic E-state index is 13.8. The fourth-order valence-electron chi connectivity index (χ4n) is 2.04. The Morgan fingerprint density at radius 2 is 1.95 bits per heavy atom. The average molecular weight is 300 g/mol. The molecule has 1 fully saturated rings. The molecule has 1 aliphatic rings. The Bertz CT molecular complexity index is 682. The summed E-state index contributed by atoms with van der Waals surface area (Å²) in [6.07, 6.45) is 2.46. The van der Waals surface area contributed by atoms with Crippen molar-refractivity contribution in [3.63, 3.8) is 0 Å². The molecule has 1 saturated carbocycles. The normalized spacial score (nSPS) is 13.7. The number of hydrogen-bond acceptors (Lipinski definition) is 3. The topological polar surface area (TPSA) is 64.3 Å². The van der Waals surface area contributed by atoms with Crippen molar-refractivity contribution >= 4 is 17.3 Å². The summed E-state index contributed by atoms with van der Waals surface area (Å²) in [7, 11) is 0. The van der Waals surface area contributed by atoms with Crippen LogP contribution in [0.2, 0.25) is 0 Å². The molecule has 0 atom stereocenters. The summed E-state index contributed by atoms with van der Waals surface area (Å²) in [5.74, 6) is 0.395.